The highest BCUT2D eigenvalue weighted by Gasteiger charge is 2.36. The van der Waals surface area contributed by atoms with Crippen LogP contribution in [0.4, 0.5) is 10.5 Å². The lowest BCUT2D eigenvalue weighted by atomic mass is 10.1. The molecule has 0 bridgehead atoms. The number of nitrogens with one attached hydrogen (secondary N) is 1. The zero-order valence-electron chi connectivity index (χ0n) is 16.8. The quantitative estimate of drug-likeness (QED) is 0.229. The standard InChI is InChI=1S/C24H15Cl2IN2O4/c25-16-6-8-17(9-7-16)29-23(31)18(22(30)28-24(29)32)11-14-5-10-21(20(27)12-14)33-13-15-3-1-2-4-19(15)26/h1-12H,13H2,(H,28,30,32)/b18-11+. The van der Waals surface area contributed by atoms with E-state index in [0.29, 0.717) is 33.7 Å². The summed E-state index contributed by atoms with van der Waals surface area (Å²) in [4.78, 5) is 38.6. The van der Waals surface area contributed by atoms with Crippen molar-refractivity contribution in [3.05, 3.63) is 97.0 Å². The maximum absolute atomic E-state index is 13.0. The predicted molar refractivity (Wildman–Crippen MR) is 135 cm³/mol. The molecular weight excluding hydrogens is 578 g/mol. The molecule has 166 valence electrons. The summed E-state index contributed by atoms with van der Waals surface area (Å²) in [7, 11) is 0. The molecule has 0 unspecified atom stereocenters. The van der Waals surface area contributed by atoms with Crippen LogP contribution in [-0.2, 0) is 16.2 Å². The minimum atomic E-state index is -0.817. The minimum Gasteiger partial charge on any atom is -0.488 e. The molecule has 0 aliphatic carbocycles. The van der Waals surface area contributed by atoms with Crippen molar-refractivity contribution in [3.63, 3.8) is 0 Å². The minimum absolute atomic E-state index is 0.162. The number of nitrogens with zero attached hydrogens (tertiary/aromatic N) is 1. The predicted octanol–water partition coefficient (Wildman–Crippen LogP) is 5.84. The number of carbonyl (C=O) groups is 3. The third kappa shape index (κ3) is 5.21. The van der Waals surface area contributed by atoms with Crippen molar-refractivity contribution in [2.45, 2.75) is 6.61 Å². The Labute approximate surface area is 213 Å². The van der Waals surface area contributed by atoms with Crippen molar-refractivity contribution in [3.8, 4) is 5.75 Å². The molecule has 1 aliphatic rings. The smallest absolute Gasteiger partial charge is 0.335 e. The summed E-state index contributed by atoms with van der Waals surface area (Å²) in [5.74, 6) is -0.848. The third-order valence-electron chi connectivity index (χ3n) is 4.79. The van der Waals surface area contributed by atoms with Crippen LogP contribution in [0.5, 0.6) is 5.75 Å². The van der Waals surface area contributed by atoms with Gasteiger partial charge in [0.2, 0.25) is 0 Å². The monoisotopic (exact) mass is 592 g/mol. The summed E-state index contributed by atoms with van der Waals surface area (Å²) in [5.41, 5.74) is 1.61. The van der Waals surface area contributed by atoms with E-state index < -0.39 is 17.8 Å². The summed E-state index contributed by atoms with van der Waals surface area (Å²) in [6.45, 7) is 0.301. The van der Waals surface area contributed by atoms with Gasteiger partial charge in [-0.2, -0.15) is 0 Å². The lowest BCUT2D eigenvalue weighted by Crippen LogP contribution is -2.54. The summed E-state index contributed by atoms with van der Waals surface area (Å²) < 4.78 is 6.65. The second-order valence-electron chi connectivity index (χ2n) is 7.00. The van der Waals surface area contributed by atoms with E-state index in [1.165, 1.54) is 18.2 Å². The fraction of sp³-hybridized carbons (Fsp3) is 0.0417. The van der Waals surface area contributed by atoms with Crippen molar-refractivity contribution in [2.75, 3.05) is 4.90 Å². The Bertz CT molecular complexity index is 1290. The second-order valence-corrected chi connectivity index (χ2v) is 9.01. The molecule has 1 aliphatic heterocycles. The number of ether oxygens (including phenoxy) is 1. The number of amides is 4. The highest BCUT2D eigenvalue weighted by Crippen LogP contribution is 2.27. The molecule has 1 heterocycles. The zero-order valence-corrected chi connectivity index (χ0v) is 20.5. The van der Waals surface area contributed by atoms with Gasteiger partial charge in [0.25, 0.3) is 11.8 Å². The van der Waals surface area contributed by atoms with Gasteiger partial charge in [0.05, 0.1) is 9.26 Å². The van der Waals surface area contributed by atoms with Gasteiger partial charge in [-0.05, 0) is 76.7 Å². The number of hydrogen-bond acceptors (Lipinski definition) is 4. The number of urea groups is 1. The SMILES string of the molecule is O=C1NC(=O)N(c2ccc(Cl)cc2)C(=O)/C1=C/c1ccc(OCc2ccccc2Cl)c(I)c1. The van der Waals surface area contributed by atoms with Crippen LogP contribution >= 0.6 is 45.8 Å². The number of benzene rings is 3. The van der Waals surface area contributed by atoms with Crippen LogP contribution in [0, 0.1) is 3.57 Å². The average molecular weight is 593 g/mol. The summed E-state index contributed by atoms with van der Waals surface area (Å²) in [6.07, 6.45) is 1.44. The van der Waals surface area contributed by atoms with Crippen molar-refractivity contribution in [1.29, 1.82) is 0 Å². The highest BCUT2D eigenvalue weighted by atomic mass is 127. The van der Waals surface area contributed by atoms with Crippen LogP contribution in [0.25, 0.3) is 6.08 Å². The van der Waals surface area contributed by atoms with Gasteiger partial charge >= 0.3 is 6.03 Å². The molecule has 4 rings (SSSR count). The number of anilines is 1. The van der Waals surface area contributed by atoms with Crippen molar-refractivity contribution >= 4 is 75.4 Å². The fourth-order valence-corrected chi connectivity index (χ4v) is 4.16. The Balaban J connectivity index is 1.57. The molecule has 9 heteroatoms. The number of carbonyl (C=O) groups excluding carboxylic acids is 3. The molecule has 4 amide bonds. The first kappa shape index (κ1) is 23.3. The molecule has 33 heavy (non-hydrogen) atoms. The van der Waals surface area contributed by atoms with E-state index in [0.717, 1.165) is 14.0 Å². The van der Waals surface area contributed by atoms with Gasteiger partial charge < -0.3 is 4.74 Å². The van der Waals surface area contributed by atoms with Crippen LogP contribution in [0.15, 0.2) is 72.3 Å². The molecule has 0 spiro atoms. The number of halogens is 3. The molecular formula is C24H15Cl2IN2O4. The molecule has 1 N–H and O–H groups in total. The van der Waals surface area contributed by atoms with Crippen LogP contribution in [0.2, 0.25) is 10.0 Å². The molecule has 6 nitrogen and oxygen atoms in total. The summed E-state index contributed by atoms with van der Waals surface area (Å²) in [5, 5.41) is 3.28. The largest absolute Gasteiger partial charge is 0.488 e. The highest BCUT2D eigenvalue weighted by molar-refractivity contribution is 14.1. The zero-order chi connectivity index (χ0) is 23.5. The maximum Gasteiger partial charge on any atom is 0.335 e. The Hall–Kier alpha value is -2.88. The van der Waals surface area contributed by atoms with Crippen molar-refractivity contribution in [1.82, 2.24) is 5.32 Å². The lowest BCUT2D eigenvalue weighted by molar-refractivity contribution is -0.122. The van der Waals surface area contributed by atoms with E-state index in [9.17, 15) is 14.4 Å². The molecule has 0 radical (unpaired) electrons. The number of rotatable bonds is 5. The molecule has 3 aromatic carbocycles. The van der Waals surface area contributed by atoms with E-state index in [2.05, 4.69) is 27.9 Å². The van der Waals surface area contributed by atoms with Gasteiger partial charge in [-0.25, -0.2) is 9.69 Å². The lowest BCUT2D eigenvalue weighted by Gasteiger charge is -2.26. The van der Waals surface area contributed by atoms with Gasteiger partial charge in [-0.3, -0.25) is 14.9 Å². The average Bonchev–Trinajstić information content (AvgIpc) is 2.78. The van der Waals surface area contributed by atoms with Gasteiger partial charge in [0.1, 0.15) is 17.9 Å². The van der Waals surface area contributed by atoms with Gasteiger partial charge in [0, 0.05) is 15.6 Å². The molecule has 0 atom stereocenters. The first-order chi connectivity index (χ1) is 15.8. The van der Waals surface area contributed by atoms with Crippen LogP contribution < -0.4 is 15.0 Å². The van der Waals surface area contributed by atoms with Gasteiger partial charge in [0.15, 0.2) is 0 Å². The first-order valence-corrected chi connectivity index (χ1v) is 11.5. The van der Waals surface area contributed by atoms with E-state index in [1.54, 1.807) is 36.4 Å². The fourth-order valence-electron chi connectivity index (χ4n) is 3.14. The maximum atomic E-state index is 13.0. The van der Waals surface area contributed by atoms with Crippen molar-refractivity contribution < 1.29 is 19.1 Å². The van der Waals surface area contributed by atoms with E-state index >= 15 is 0 Å². The molecule has 1 saturated heterocycles. The molecule has 0 saturated carbocycles. The van der Waals surface area contributed by atoms with Gasteiger partial charge in [-0.1, -0.05) is 47.5 Å². The first-order valence-electron chi connectivity index (χ1n) is 9.66. The topological polar surface area (TPSA) is 75.7 Å². The number of barbiturate groups is 1. The summed E-state index contributed by atoms with van der Waals surface area (Å²) in [6, 6.07) is 18.0. The molecule has 3 aromatic rings. The van der Waals surface area contributed by atoms with E-state index in [4.69, 9.17) is 27.9 Å². The van der Waals surface area contributed by atoms with Gasteiger partial charge in [-0.15, -0.1) is 0 Å². The van der Waals surface area contributed by atoms with E-state index in [1.807, 2.05) is 18.2 Å². The molecule has 0 aromatic heterocycles. The Morgan fingerprint density at radius 3 is 2.39 bits per heavy atom. The Kier molecular flexibility index (Phi) is 7.02. The van der Waals surface area contributed by atoms with Crippen LogP contribution in [0.1, 0.15) is 11.1 Å². The Morgan fingerprint density at radius 1 is 0.970 bits per heavy atom. The van der Waals surface area contributed by atoms with Crippen LogP contribution in [0.3, 0.4) is 0 Å². The third-order valence-corrected chi connectivity index (χ3v) is 6.26. The number of hydrogen-bond donors (Lipinski definition) is 1. The second kappa shape index (κ2) is 9.94. The number of imide groups is 2. The summed E-state index contributed by atoms with van der Waals surface area (Å²) >= 11 is 14.2. The van der Waals surface area contributed by atoms with Crippen molar-refractivity contribution in [2.24, 2.45) is 0 Å². The van der Waals surface area contributed by atoms with Crippen LogP contribution in [-0.4, -0.2) is 17.8 Å². The Morgan fingerprint density at radius 2 is 1.70 bits per heavy atom. The molecule has 1 fully saturated rings. The normalized spacial score (nSPS) is 15.1. The van der Waals surface area contributed by atoms with E-state index in [-0.39, 0.29) is 5.57 Å².